The number of carbonyl (C=O) groups is 2. The van der Waals surface area contributed by atoms with Gasteiger partial charge in [0.05, 0.1) is 37.6 Å². The number of hydrogen-bond acceptors (Lipinski definition) is 9. The van der Waals surface area contributed by atoms with Crippen LogP contribution in [0.25, 0.3) is 0 Å². The predicted molar refractivity (Wildman–Crippen MR) is 113 cm³/mol. The number of carbonyl (C=O) groups excluding carboxylic acids is 2. The summed E-state index contributed by atoms with van der Waals surface area (Å²) < 4.78 is 44.2. The Labute approximate surface area is 185 Å². The fourth-order valence-electron chi connectivity index (χ4n) is 2.32. The number of rotatable bonds is 18. The monoisotopic (exact) mass is 470 g/mol. The molecule has 0 saturated carbocycles. The maximum atomic E-state index is 12.5. The minimum atomic E-state index is -4.37. The van der Waals surface area contributed by atoms with Gasteiger partial charge in [-0.15, -0.1) is 0 Å². The van der Waals surface area contributed by atoms with Gasteiger partial charge in [-0.2, -0.15) is 0 Å². The van der Waals surface area contributed by atoms with E-state index in [1.165, 1.54) is 13.8 Å². The van der Waals surface area contributed by atoms with Crippen molar-refractivity contribution >= 4 is 19.8 Å². The van der Waals surface area contributed by atoms with E-state index in [4.69, 9.17) is 28.0 Å². The molecule has 10 nitrogen and oxygen atoms in total. The van der Waals surface area contributed by atoms with Gasteiger partial charge in [-0.3, -0.25) is 18.6 Å². The largest absolute Gasteiger partial charge is 0.472 e. The van der Waals surface area contributed by atoms with Crippen molar-refractivity contribution in [2.45, 2.75) is 91.6 Å². The zero-order chi connectivity index (χ0) is 23.9. The SMILES string of the molecule is CCC(COC(C)=O)OCC(CC)OP(=O)(O)OC(CC)COC(CC)COC(C)=O. The maximum Gasteiger partial charge on any atom is 0.472 e. The fraction of sp³-hybridized carbons (Fsp3) is 0.900. The molecule has 1 N–H and O–H groups in total. The molecule has 0 aliphatic carbocycles. The van der Waals surface area contributed by atoms with Crippen LogP contribution in [0.5, 0.6) is 0 Å². The maximum absolute atomic E-state index is 12.5. The number of esters is 2. The molecule has 0 rings (SSSR count). The standard InChI is InChI=1S/C20H39O10P/c1-7-17(11-25-15(5)21)27-13-19(9-3)29-31(23,24)30-20(10-4)14-28-18(8-2)12-26-16(6)22/h17-20H,7-14H2,1-6H3,(H,23,24). The van der Waals surface area contributed by atoms with Crippen molar-refractivity contribution in [1.82, 2.24) is 0 Å². The lowest BCUT2D eigenvalue weighted by Gasteiger charge is -2.25. The number of phosphoric ester groups is 1. The summed E-state index contributed by atoms with van der Waals surface area (Å²) in [4.78, 5) is 32.0. The van der Waals surface area contributed by atoms with Crippen molar-refractivity contribution in [3.63, 3.8) is 0 Å². The van der Waals surface area contributed by atoms with Gasteiger partial charge in [-0.25, -0.2) is 4.57 Å². The first-order chi connectivity index (χ1) is 14.6. The molecule has 0 aromatic heterocycles. The molecule has 0 saturated heterocycles. The average Bonchev–Trinajstić information content (AvgIpc) is 2.71. The highest BCUT2D eigenvalue weighted by Gasteiger charge is 2.30. The topological polar surface area (TPSA) is 127 Å². The molecule has 0 bridgehead atoms. The summed E-state index contributed by atoms with van der Waals surface area (Å²) in [6.45, 7) is 10.3. The van der Waals surface area contributed by atoms with Gasteiger partial charge in [0.25, 0.3) is 0 Å². The van der Waals surface area contributed by atoms with Crippen LogP contribution in [0, 0.1) is 0 Å². The first-order valence-corrected chi connectivity index (χ1v) is 12.3. The number of ether oxygens (including phenoxy) is 4. The second kappa shape index (κ2) is 16.6. The van der Waals surface area contributed by atoms with Crippen LogP contribution in [0.15, 0.2) is 0 Å². The molecule has 4 atom stereocenters. The van der Waals surface area contributed by atoms with Crippen molar-refractivity contribution in [2.75, 3.05) is 26.4 Å². The molecule has 31 heavy (non-hydrogen) atoms. The molecule has 4 unspecified atom stereocenters. The van der Waals surface area contributed by atoms with Crippen LogP contribution in [-0.2, 0) is 42.1 Å². The van der Waals surface area contributed by atoms with E-state index in [9.17, 15) is 19.0 Å². The van der Waals surface area contributed by atoms with E-state index in [0.29, 0.717) is 25.7 Å². The van der Waals surface area contributed by atoms with Crippen LogP contribution < -0.4 is 0 Å². The molecule has 0 aliphatic heterocycles. The first-order valence-electron chi connectivity index (χ1n) is 10.8. The first kappa shape index (κ1) is 30.0. The highest BCUT2D eigenvalue weighted by Crippen LogP contribution is 2.46. The average molecular weight is 470 g/mol. The third-order valence-corrected chi connectivity index (χ3v) is 5.50. The van der Waals surface area contributed by atoms with Crippen molar-refractivity contribution in [1.29, 1.82) is 0 Å². The minimum absolute atomic E-state index is 0.0533. The fourth-order valence-corrected chi connectivity index (χ4v) is 3.55. The van der Waals surface area contributed by atoms with Crippen LogP contribution >= 0.6 is 7.82 Å². The quantitative estimate of drug-likeness (QED) is 0.235. The Morgan fingerprint density at radius 1 is 0.677 bits per heavy atom. The Morgan fingerprint density at radius 2 is 1.00 bits per heavy atom. The van der Waals surface area contributed by atoms with E-state index in [0.717, 1.165) is 0 Å². The van der Waals surface area contributed by atoms with Crippen molar-refractivity contribution in [2.24, 2.45) is 0 Å². The van der Waals surface area contributed by atoms with Gasteiger partial charge < -0.3 is 23.8 Å². The predicted octanol–water partition coefficient (Wildman–Crippen LogP) is 3.39. The molecule has 0 heterocycles. The smallest absolute Gasteiger partial charge is 0.463 e. The lowest BCUT2D eigenvalue weighted by molar-refractivity contribution is -0.146. The highest BCUT2D eigenvalue weighted by molar-refractivity contribution is 7.47. The Kier molecular flexibility index (Phi) is 16.0. The third-order valence-electron chi connectivity index (χ3n) is 4.37. The summed E-state index contributed by atoms with van der Waals surface area (Å²) in [5, 5.41) is 0. The molecule has 0 amide bonds. The summed E-state index contributed by atoms with van der Waals surface area (Å²) in [5.74, 6) is -0.797. The van der Waals surface area contributed by atoms with Crippen LogP contribution in [0.3, 0.4) is 0 Å². The molecule has 0 spiro atoms. The Bertz CT molecular complexity index is 512. The van der Waals surface area contributed by atoms with Crippen LogP contribution in [-0.4, -0.2) is 67.7 Å². The highest BCUT2D eigenvalue weighted by atomic mass is 31.2. The normalized spacial score (nSPS) is 17.3. The van der Waals surface area contributed by atoms with Gasteiger partial charge >= 0.3 is 19.8 Å². The van der Waals surface area contributed by atoms with Gasteiger partial charge in [0, 0.05) is 13.8 Å². The third kappa shape index (κ3) is 15.4. The molecule has 0 aliphatic rings. The lowest BCUT2D eigenvalue weighted by atomic mass is 10.2. The van der Waals surface area contributed by atoms with Crippen LogP contribution in [0.4, 0.5) is 0 Å². The van der Waals surface area contributed by atoms with E-state index in [2.05, 4.69) is 0 Å². The second-order valence-electron chi connectivity index (χ2n) is 7.07. The van der Waals surface area contributed by atoms with Crippen molar-refractivity contribution in [3.05, 3.63) is 0 Å². The molecule has 0 aromatic carbocycles. The van der Waals surface area contributed by atoms with Gasteiger partial charge in [-0.05, 0) is 25.7 Å². The minimum Gasteiger partial charge on any atom is -0.463 e. The lowest BCUT2D eigenvalue weighted by Crippen LogP contribution is -2.29. The van der Waals surface area contributed by atoms with Crippen molar-refractivity contribution in [3.8, 4) is 0 Å². The summed E-state index contributed by atoms with van der Waals surface area (Å²) in [6.07, 6.45) is 0.0509. The molecule has 0 fully saturated rings. The number of hydrogen-bond donors (Lipinski definition) is 1. The zero-order valence-corrected chi connectivity index (χ0v) is 20.4. The molecular weight excluding hydrogens is 431 g/mol. The second-order valence-corrected chi connectivity index (χ2v) is 8.43. The van der Waals surface area contributed by atoms with Crippen LogP contribution in [0.1, 0.15) is 67.2 Å². The molecule has 0 aromatic rings. The Hall–Kier alpha value is -1.03. The van der Waals surface area contributed by atoms with E-state index in [1.54, 1.807) is 13.8 Å². The summed E-state index contributed by atoms with van der Waals surface area (Å²) >= 11 is 0. The number of phosphoric acid groups is 1. The molecule has 184 valence electrons. The zero-order valence-electron chi connectivity index (χ0n) is 19.5. The Balaban J connectivity index is 4.63. The summed E-state index contributed by atoms with van der Waals surface area (Å²) in [7, 11) is -4.37. The van der Waals surface area contributed by atoms with Gasteiger partial charge in [0.15, 0.2) is 0 Å². The van der Waals surface area contributed by atoms with E-state index >= 15 is 0 Å². The molecule has 11 heteroatoms. The molecule has 0 radical (unpaired) electrons. The summed E-state index contributed by atoms with van der Waals surface area (Å²) in [5.41, 5.74) is 0. The van der Waals surface area contributed by atoms with E-state index < -0.39 is 32.0 Å². The van der Waals surface area contributed by atoms with Gasteiger partial charge in [-0.1, -0.05) is 27.7 Å². The van der Waals surface area contributed by atoms with Gasteiger partial charge in [0.1, 0.15) is 13.2 Å². The summed E-state index contributed by atoms with van der Waals surface area (Å²) in [6, 6.07) is 0. The van der Waals surface area contributed by atoms with E-state index in [-0.39, 0.29) is 38.6 Å². The van der Waals surface area contributed by atoms with Crippen LogP contribution in [0.2, 0.25) is 0 Å². The van der Waals surface area contributed by atoms with E-state index in [1.807, 2.05) is 13.8 Å². The molecular formula is C20H39O10P. The van der Waals surface area contributed by atoms with Gasteiger partial charge in [0.2, 0.25) is 0 Å². The van der Waals surface area contributed by atoms with Crippen molar-refractivity contribution < 1.29 is 47.0 Å². The Morgan fingerprint density at radius 3 is 1.26 bits per heavy atom.